The summed E-state index contributed by atoms with van der Waals surface area (Å²) in [6.07, 6.45) is 0.0823. The normalized spacial score (nSPS) is 11.9. The fraction of sp³-hybridized carbons (Fsp3) is 0.261. The van der Waals surface area contributed by atoms with E-state index in [0.29, 0.717) is 12.0 Å². The first-order valence-corrected chi connectivity index (χ1v) is 9.28. The lowest BCUT2D eigenvalue weighted by Gasteiger charge is -2.12. The van der Waals surface area contributed by atoms with Crippen LogP contribution < -0.4 is 14.8 Å². The molecular weight excluding hydrogens is 354 g/mol. The molecular formula is C23H25NO4. The van der Waals surface area contributed by atoms with Crippen LogP contribution in [0.15, 0.2) is 54.6 Å². The lowest BCUT2D eigenvalue weighted by molar-refractivity contribution is 0.0914. The van der Waals surface area contributed by atoms with E-state index in [1.807, 2.05) is 49.4 Å². The molecule has 5 nitrogen and oxygen atoms in total. The van der Waals surface area contributed by atoms with Gasteiger partial charge in [0.1, 0.15) is 11.5 Å². The van der Waals surface area contributed by atoms with Crippen LogP contribution in [0.2, 0.25) is 0 Å². The van der Waals surface area contributed by atoms with Gasteiger partial charge in [-0.05, 0) is 59.2 Å². The van der Waals surface area contributed by atoms with E-state index in [0.717, 1.165) is 33.4 Å². The number of fused-ring (bicyclic) bond motifs is 1. The second kappa shape index (κ2) is 8.76. The van der Waals surface area contributed by atoms with Crippen molar-refractivity contribution in [2.24, 2.45) is 0 Å². The number of carbonyl (C=O) groups is 1. The molecule has 0 saturated carbocycles. The molecule has 3 rings (SSSR count). The summed E-state index contributed by atoms with van der Waals surface area (Å²) >= 11 is 0. The third-order valence-corrected chi connectivity index (χ3v) is 4.79. The molecule has 0 aromatic heterocycles. The Bertz CT molecular complexity index is 983. The van der Waals surface area contributed by atoms with E-state index in [4.69, 9.17) is 9.47 Å². The zero-order chi connectivity index (χ0) is 20.1. The van der Waals surface area contributed by atoms with E-state index < -0.39 is 6.10 Å². The maximum Gasteiger partial charge on any atom is 0.251 e. The van der Waals surface area contributed by atoms with Crippen molar-refractivity contribution in [1.29, 1.82) is 0 Å². The van der Waals surface area contributed by atoms with Crippen LogP contribution in [-0.4, -0.2) is 37.9 Å². The number of methoxy groups -OCH3 is 2. The van der Waals surface area contributed by atoms with Crippen molar-refractivity contribution in [2.75, 3.05) is 20.8 Å². The molecule has 3 aromatic carbocycles. The maximum atomic E-state index is 12.3. The smallest absolute Gasteiger partial charge is 0.251 e. The van der Waals surface area contributed by atoms with Crippen molar-refractivity contribution in [2.45, 2.75) is 19.4 Å². The number of nitrogens with one attached hydrogen (secondary N) is 1. The van der Waals surface area contributed by atoms with Crippen LogP contribution in [0.5, 0.6) is 11.5 Å². The van der Waals surface area contributed by atoms with Crippen LogP contribution in [0.25, 0.3) is 21.9 Å². The maximum absolute atomic E-state index is 12.3. The monoisotopic (exact) mass is 379 g/mol. The lowest BCUT2D eigenvalue weighted by Crippen LogP contribution is -2.31. The average molecular weight is 379 g/mol. The van der Waals surface area contributed by atoms with Gasteiger partial charge in [-0.3, -0.25) is 4.79 Å². The average Bonchev–Trinajstić information content (AvgIpc) is 2.75. The van der Waals surface area contributed by atoms with Crippen molar-refractivity contribution < 1.29 is 19.4 Å². The molecule has 0 aliphatic carbocycles. The van der Waals surface area contributed by atoms with Gasteiger partial charge in [0.25, 0.3) is 5.91 Å². The van der Waals surface area contributed by atoms with E-state index in [1.54, 1.807) is 20.3 Å². The van der Waals surface area contributed by atoms with Gasteiger partial charge in [0.15, 0.2) is 0 Å². The SMILES string of the molecule is CCC(O)CNC(=O)c1ccc2cc(-c3cc(OC)ccc3OC)ccc2c1. The molecule has 0 fully saturated rings. The predicted molar refractivity (Wildman–Crippen MR) is 111 cm³/mol. The van der Waals surface area contributed by atoms with Crippen LogP contribution in [0, 0.1) is 0 Å². The third-order valence-electron chi connectivity index (χ3n) is 4.79. The van der Waals surface area contributed by atoms with Gasteiger partial charge in [-0.15, -0.1) is 0 Å². The Labute approximate surface area is 164 Å². The minimum Gasteiger partial charge on any atom is -0.497 e. The molecule has 2 N–H and O–H groups in total. The zero-order valence-electron chi connectivity index (χ0n) is 16.4. The fourth-order valence-electron chi connectivity index (χ4n) is 3.05. The molecule has 0 bridgehead atoms. The summed E-state index contributed by atoms with van der Waals surface area (Å²) in [5, 5.41) is 14.4. The van der Waals surface area contributed by atoms with Crippen molar-refractivity contribution in [1.82, 2.24) is 5.32 Å². The number of hydrogen-bond acceptors (Lipinski definition) is 4. The lowest BCUT2D eigenvalue weighted by atomic mass is 9.99. The highest BCUT2D eigenvalue weighted by molar-refractivity contribution is 5.99. The van der Waals surface area contributed by atoms with Gasteiger partial charge in [-0.2, -0.15) is 0 Å². The number of amides is 1. The summed E-state index contributed by atoms with van der Waals surface area (Å²) in [6.45, 7) is 2.13. The van der Waals surface area contributed by atoms with Crippen molar-refractivity contribution in [3.05, 3.63) is 60.2 Å². The zero-order valence-corrected chi connectivity index (χ0v) is 16.4. The molecule has 1 amide bonds. The summed E-state index contributed by atoms with van der Waals surface area (Å²) in [6, 6.07) is 17.3. The Kier molecular flexibility index (Phi) is 6.16. The van der Waals surface area contributed by atoms with Gasteiger partial charge < -0.3 is 19.9 Å². The van der Waals surface area contributed by atoms with E-state index >= 15 is 0 Å². The summed E-state index contributed by atoms with van der Waals surface area (Å²) in [7, 11) is 3.28. The molecule has 0 radical (unpaired) electrons. The number of ether oxygens (including phenoxy) is 2. The standard InChI is InChI=1S/C23H25NO4/c1-4-19(25)14-24-23(26)18-8-6-15-11-17(7-5-16(15)12-18)21-13-20(27-2)9-10-22(21)28-3/h5-13,19,25H,4,14H2,1-3H3,(H,24,26). The number of benzene rings is 3. The second-order valence-corrected chi connectivity index (χ2v) is 6.62. The Morgan fingerprint density at radius 1 is 1.00 bits per heavy atom. The second-order valence-electron chi connectivity index (χ2n) is 6.62. The first-order valence-electron chi connectivity index (χ1n) is 9.28. The van der Waals surface area contributed by atoms with Crippen LogP contribution >= 0.6 is 0 Å². The van der Waals surface area contributed by atoms with E-state index in [1.165, 1.54) is 0 Å². The Morgan fingerprint density at radius 3 is 2.46 bits per heavy atom. The van der Waals surface area contributed by atoms with Crippen LogP contribution in [0.3, 0.4) is 0 Å². The molecule has 0 heterocycles. The first-order chi connectivity index (χ1) is 13.5. The highest BCUT2D eigenvalue weighted by Gasteiger charge is 2.11. The third kappa shape index (κ3) is 4.26. The molecule has 3 aromatic rings. The van der Waals surface area contributed by atoms with Crippen LogP contribution in [-0.2, 0) is 0 Å². The first kappa shape index (κ1) is 19.7. The molecule has 5 heteroatoms. The molecule has 0 aliphatic rings. The highest BCUT2D eigenvalue weighted by Crippen LogP contribution is 2.35. The van der Waals surface area contributed by atoms with Crippen molar-refractivity contribution in [3.8, 4) is 22.6 Å². The topological polar surface area (TPSA) is 67.8 Å². The predicted octanol–water partition coefficient (Wildman–Crippen LogP) is 4.02. The molecule has 1 unspecified atom stereocenters. The Hall–Kier alpha value is -3.05. The number of rotatable bonds is 7. The Balaban J connectivity index is 1.91. The summed E-state index contributed by atoms with van der Waals surface area (Å²) in [4.78, 5) is 12.3. The van der Waals surface area contributed by atoms with Gasteiger partial charge >= 0.3 is 0 Å². The molecule has 146 valence electrons. The molecule has 1 atom stereocenters. The van der Waals surface area contributed by atoms with E-state index in [-0.39, 0.29) is 12.5 Å². The van der Waals surface area contributed by atoms with Crippen molar-refractivity contribution in [3.63, 3.8) is 0 Å². The van der Waals surface area contributed by atoms with Crippen LogP contribution in [0.1, 0.15) is 23.7 Å². The summed E-state index contributed by atoms with van der Waals surface area (Å²) in [5.74, 6) is 1.34. The summed E-state index contributed by atoms with van der Waals surface area (Å²) < 4.78 is 10.8. The number of carbonyl (C=O) groups excluding carboxylic acids is 1. The molecule has 28 heavy (non-hydrogen) atoms. The van der Waals surface area contributed by atoms with Gasteiger partial charge in [0.2, 0.25) is 0 Å². The summed E-state index contributed by atoms with van der Waals surface area (Å²) in [5.41, 5.74) is 2.52. The van der Waals surface area contributed by atoms with Gasteiger partial charge in [-0.1, -0.05) is 25.1 Å². The van der Waals surface area contributed by atoms with Gasteiger partial charge in [0, 0.05) is 17.7 Å². The van der Waals surface area contributed by atoms with Crippen molar-refractivity contribution >= 4 is 16.7 Å². The van der Waals surface area contributed by atoms with Crippen LogP contribution in [0.4, 0.5) is 0 Å². The Morgan fingerprint density at radius 2 is 1.75 bits per heavy atom. The quantitative estimate of drug-likeness (QED) is 0.651. The van der Waals surface area contributed by atoms with E-state index in [9.17, 15) is 9.90 Å². The highest BCUT2D eigenvalue weighted by atomic mass is 16.5. The van der Waals surface area contributed by atoms with E-state index in [2.05, 4.69) is 11.4 Å². The minimum absolute atomic E-state index is 0.187. The van der Waals surface area contributed by atoms with Gasteiger partial charge in [-0.25, -0.2) is 0 Å². The molecule has 0 spiro atoms. The number of aliphatic hydroxyl groups is 1. The fourth-order valence-corrected chi connectivity index (χ4v) is 3.05. The molecule has 0 saturated heterocycles. The number of aliphatic hydroxyl groups excluding tert-OH is 1. The number of hydrogen-bond donors (Lipinski definition) is 2. The van der Waals surface area contributed by atoms with Gasteiger partial charge in [0.05, 0.1) is 20.3 Å². The molecule has 0 aliphatic heterocycles. The largest absolute Gasteiger partial charge is 0.497 e. The minimum atomic E-state index is -0.523.